The number of halogens is 1. The molecule has 0 radical (unpaired) electrons. The number of carbonyl (C=O) groups excluding carboxylic acids is 1. The third-order valence-corrected chi connectivity index (χ3v) is 20.0. The number of likely N-dealkylation sites (tertiary alicyclic amines) is 3. The smallest absolute Gasteiger partial charge is 0.170 e. The molecule has 686 valence electrons. The lowest BCUT2D eigenvalue weighted by Gasteiger charge is -2.38. The van der Waals surface area contributed by atoms with Gasteiger partial charge in [-0.3, -0.25) is 24.2 Å². The molecule has 0 amide bonds. The molecule has 4 N–H and O–H groups in total. The number of aryl methyl sites for hydroxylation is 1. The van der Waals surface area contributed by atoms with E-state index in [1.807, 2.05) is 219 Å². The highest BCUT2D eigenvalue weighted by Crippen LogP contribution is 2.34. The van der Waals surface area contributed by atoms with Gasteiger partial charge in [0.1, 0.15) is 11.3 Å². The van der Waals surface area contributed by atoms with E-state index in [-0.39, 0.29) is 32.6 Å². The third-order valence-electron chi connectivity index (χ3n) is 19.3. The van der Waals surface area contributed by atoms with Crippen molar-refractivity contribution in [3.8, 4) is 11.8 Å². The number of fused-ring (bicyclic) bond motifs is 4. The van der Waals surface area contributed by atoms with E-state index in [2.05, 4.69) is 214 Å². The minimum absolute atomic E-state index is 0. The minimum atomic E-state index is -1.33. The van der Waals surface area contributed by atoms with Crippen molar-refractivity contribution in [2.75, 3.05) is 89.8 Å². The highest BCUT2D eigenvalue weighted by atomic mass is 28.3. The molecule has 6 saturated heterocycles. The summed E-state index contributed by atoms with van der Waals surface area (Å²) in [5.41, 5.74) is 14.6. The van der Waals surface area contributed by atoms with Gasteiger partial charge in [-0.25, -0.2) is 5.26 Å². The van der Waals surface area contributed by atoms with Crippen molar-refractivity contribution >= 4 is 68.3 Å². The predicted octanol–water partition coefficient (Wildman–Crippen LogP) is 29.1. The van der Waals surface area contributed by atoms with E-state index >= 15 is 0 Å². The molecule has 0 aromatic heterocycles. The summed E-state index contributed by atoms with van der Waals surface area (Å²) in [4.78, 5) is 18.6. The molecule has 6 fully saturated rings. The van der Waals surface area contributed by atoms with Gasteiger partial charge in [-0.1, -0.05) is 386 Å². The van der Waals surface area contributed by atoms with Crippen LogP contribution in [0.1, 0.15) is 235 Å². The lowest BCUT2D eigenvalue weighted by atomic mass is 9.88. The second kappa shape index (κ2) is 73.7. The molecule has 16 rings (SSSR count). The van der Waals surface area contributed by atoms with Gasteiger partial charge in [0, 0.05) is 129 Å². The second-order valence-corrected chi connectivity index (χ2v) is 32.4. The summed E-state index contributed by atoms with van der Waals surface area (Å²) in [5.74, 6) is -0.0512. The van der Waals surface area contributed by atoms with E-state index in [0.717, 1.165) is 155 Å². The number of ketones is 1. The van der Waals surface area contributed by atoms with Gasteiger partial charge in [0.2, 0.25) is 0 Å². The van der Waals surface area contributed by atoms with Crippen LogP contribution in [0.5, 0.6) is 0 Å². The van der Waals surface area contributed by atoms with Crippen LogP contribution < -0.4 is 16.4 Å². The molecule has 15 heteroatoms. The summed E-state index contributed by atoms with van der Waals surface area (Å²) >= 11 is 0. The summed E-state index contributed by atoms with van der Waals surface area (Å²) in [5, 5.41) is 35.4. The zero-order chi connectivity index (χ0) is 89.9. The number of Topliss-reactive ketones (excluding diaryl/α,β-unsaturated/α-hetero) is 1. The number of piperidine rings is 4. The summed E-state index contributed by atoms with van der Waals surface area (Å²) in [7, 11) is -1.33. The molecule has 10 aromatic carbocycles. The van der Waals surface area contributed by atoms with Gasteiger partial charge in [-0.05, 0) is 109 Å². The fourth-order valence-electron chi connectivity index (χ4n) is 13.6. The van der Waals surface area contributed by atoms with E-state index < -0.39 is 13.6 Å². The predicted molar refractivity (Wildman–Crippen MR) is 545 cm³/mol. The number of benzene rings is 10. The summed E-state index contributed by atoms with van der Waals surface area (Å²) in [6.07, 6.45) is 8.19. The first kappa shape index (κ1) is 121. The summed E-state index contributed by atoms with van der Waals surface area (Å²) in [6, 6.07) is 82.4. The van der Waals surface area contributed by atoms with Crippen molar-refractivity contribution in [3.05, 3.63) is 253 Å². The minimum Gasteiger partial charge on any atom is -0.399 e. The number of rotatable bonds is 9. The zero-order valence-electron chi connectivity index (χ0n) is 79.7. The number of hydrogen-bond acceptors (Lipinski definition) is 13. The Morgan fingerprint density at radius 3 is 0.959 bits per heavy atom. The monoisotopic (exact) mass is 1710 g/mol. The number of para-hydroxylation sites is 2. The molecular weight excluding hydrogens is 1540 g/mol. The molecule has 6 aliphatic rings. The van der Waals surface area contributed by atoms with E-state index in [0.29, 0.717) is 18.6 Å². The first-order valence-corrected chi connectivity index (χ1v) is 49.5. The van der Waals surface area contributed by atoms with Gasteiger partial charge in [-0.15, -0.1) is 0 Å². The second-order valence-electron chi connectivity index (χ2n) is 27.7. The largest absolute Gasteiger partial charge is 0.399 e. The fraction of sp³-hybridized carbons (Fsp3) is 0.491. The lowest BCUT2D eigenvalue weighted by Crippen LogP contribution is -2.48. The number of ether oxygens (including phenoxy) is 4. The van der Waals surface area contributed by atoms with Gasteiger partial charge >= 0.3 is 0 Å². The fourth-order valence-corrected chi connectivity index (χ4v) is 13.6. The van der Waals surface area contributed by atoms with Crippen molar-refractivity contribution in [1.29, 1.82) is 10.5 Å². The Hall–Kier alpha value is -8.68. The molecule has 0 unspecified atom stereocenters. The molecule has 0 saturated carbocycles. The maximum atomic E-state index is 11.2. The molecule has 10 aromatic rings. The van der Waals surface area contributed by atoms with E-state index in [4.69, 9.17) is 29.9 Å². The van der Waals surface area contributed by atoms with Crippen LogP contribution in [0.3, 0.4) is 0 Å². The molecule has 123 heavy (non-hydrogen) atoms. The first-order valence-electron chi connectivity index (χ1n) is 46.0. The molecule has 6 aliphatic heterocycles. The third kappa shape index (κ3) is 44.2. The number of nitrogens with zero attached hydrogens (tertiary/aromatic N) is 5. The van der Waals surface area contributed by atoms with Crippen molar-refractivity contribution in [2.45, 2.75) is 274 Å². The maximum absolute atomic E-state index is 11.2. The molecule has 0 aliphatic carbocycles. The Kier molecular flexibility index (Phi) is 72.2. The van der Waals surface area contributed by atoms with Gasteiger partial charge < -0.3 is 35.3 Å². The lowest BCUT2D eigenvalue weighted by molar-refractivity contribution is -0.185. The van der Waals surface area contributed by atoms with Crippen LogP contribution in [0.25, 0.3) is 43.1 Å². The normalized spacial score (nSPS) is 14.9. The Morgan fingerprint density at radius 2 is 0.659 bits per heavy atom. The zero-order valence-corrected chi connectivity index (χ0v) is 80.7. The van der Waals surface area contributed by atoms with E-state index in [9.17, 15) is 10.1 Å². The average molecular weight is 1710 g/mol. The number of nitriles is 2. The Morgan fingerprint density at radius 1 is 0.390 bits per heavy atom. The Labute approximate surface area is 753 Å². The van der Waals surface area contributed by atoms with Crippen LogP contribution in [0.15, 0.2) is 231 Å². The molecule has 6 heterocycles. The number of hydrogen-bond donors (Lipinski definition) is 3. The maximum Gasteiger partial charge on any atom is 0.170 e. The standard InChI is InChI=1S/C23H23N3.C18H21NO2.C16H17NO.C12H12.C7H13NO2.C6H7N.C4H9NSi.10C2H6.2CH4.FH.H2/c24-18-23(25-21-10-2-1-3-11-21)13-15-26(16-14-23)17-20-9-6-8-19-7-4-5-12-22(19)20;1-2-7-17-15(4-1)5-3-6-16(17)14-19-10-8-18(9-11-19)20-12-13-21-18;18-15-8-10-17(11-9-15)12-14-6-3-5-13-4-1-2-7-16(13)14;1-2-10-7-5-8-11-6-3-4-9-12(10)11;1-3-8-4-2-7(1)9-5-6-10-7;7-6-4-2-1-3-5-6;1-6(2,3)4-5;10*1-2;;;;/h1-12,25H,13-17H2;1-7H,8-14H2;1-7H,8-12H2;3-9H,2H2,1H3;8H,1-6H2;1-5H,7H2;1-3H3;10*1-2H3;2*1H4;2*1H. The van der Waals surface area contributed by atoms with Crippen LogP contribution in [-0.4, -0.2) is 124 Å². The Bertz CT molecular complexity index is 4220. The summed E-state index contributed by atoms with van der Waals surface area (Å²) in [6.45, 7) is 62.0. The van der Waals surface area contributed by atoms with E-state index in [1.165, 1.54) is 65.3 Å². The van der Waals surface area contributed by atoms with Gasteiger partial charge in [0.25, 0.3) is 0 Å². The van der Waals surface area contributed by atoms with Crippen molar-refractivity contribution in [3.63, 3.8) is 0 Å². The van der Waals surface area contributed by atoms with Crippen LogP contribution in [-0.2, 0) is 49.8 Å². The number of nitrogen functional groups attached to an aromatic ring is 1. The quantitative estimate of drug-likeness (QED) is 0.0926. The molecule has 0 atom stereocenters. The van der Waals surface area contributed by atoms with Crippen LogP contribution >= 0.6 is 0 Å². The van der Waals surface area contributed by atoms with Crippen molar-refractivity contribution < 1.29 is 29.9 Å². The van der Waals surface area contributed by atoms with Gasteiger partial charge in [0.15, 0.2) is 19.6 Å². The van der Waals surface area contributed by atoms with Gasteiger partial charge in [-0.2, -0.15) is 5.26 Å². The van der Waals surface area contributed by atoms with Gasteiger partial charge in [0.05, 0.1) is 32.5 Å². The van der Waals surface area contributed by atoms with Crippen LogP contribution in [0.4, 0.5) is 16.1 Å². The number of nitrogens with two attached hydrogens (primary N) is 1. The highest BCUT2D eigenvalue weighted by molar-refractivity contribution is 6.83. The van der Waals surface area contributed by atoms with Crippen LogP contribution in [0.2, 0.25) is 19.6 Å². The molecular formula is C108H173FN8O5Si. The number of nitrogens with one attached hydrogen (secondary N) is 2. The van der Waals surface area contributed by atoms with Crippen molar-refractivity contribution in [2.24, 2.45) is 0 Å². The Balaban J connectivity index is -0.000000442. The molecule has 13 nitrogen and oxygen atoms in total. The SMILES string of the molecule is C.C.C1CC2(CCN1)OCCO2.CC.CC.CC.CC.CC.CC.CC.CC.CC.CC.CCc1cccc2ccccc12.C[Si](C)(C)C#N.F.N#CC1(Nc2ccccc2)CCN(Cc2cccc3ccccc23)CC1.Nc1ccccc1.O=C1CCN(Cc2cccc3ccccc23)CC1.[HH].c1ccc2c(CN3CCC4(CC3)OCCO4)cccc2c1. The van der Waals surface area contributed by atoms with E-state index in [1.54, 1.807) is 0 Å². The van der Waals surface area contributed by atoms with Crippen LogP contribution in [0, 0.1) is 22.3 Å². The topological polar surface area (TPSA) is 161 Å². The average Bonchev–Trinajstić information content (AvgIpc) is 1.51. The van der Waals surface area contributed by atoms with Crippen molar-refractivity contribution in [1.82, 2.24) is 20.0 Å². The summed E-state index contributed by atoms with van der Waals surface area (Å²) < 4.78 is 22.6. The molecule has 2 spiro atoms. The molecule has 0 bridgehead atoms. The highest BCUT2D eigenvalue weighted by Gasteiger charge is 2.40. The number of anilines is 2. The first-order chi connectivity index (χ1) is 58.7. The number of carbonyl (C=O) groups is 1.